The van der Waals surface area contributed by atoms with Gasteiger partial charge in [0.05, 0.1) is 24.7 Å². The highest BCUT2D eigenvalue weighted by molar-refractivity contribution is 7.91. The van der Waals surface area contributed by atoms with Crippen molar-refractivity contribution in [1.29, 1.82) is 0 Å². The predicted molar refractivity (Wildman–Crippen MR) is 81.6 cm³/mol. The van der Waals surface area contributed by atoms with Gasteiger partial charge in [0, 0.05) is 24.2 Å². The summed E-state index contributed by atoms with van der Waals surface area (Å²) in [5.41, 5.74) is 0.944. The number of halogens is 1. The second kappa shape index (κ2) is 5.38. The largest absolute Gasteiger partial charge is 0.378 e. The van der Waals surface area contributed by atoms with E-state index in [4.69, 9.17) is 4.74 Å². The van der Waals surface area contributed by atoms with Gasteiger partial charge < -0.3 is 9.64 Å². The Hall–Kier alpha value is -2.26. The summed E-state index contributed by atoms with van der Waals surface area (Å²) < 4.78 is 44.2. The highest BCUT2D eigenvalue weighted by atomic mass is 32.2. The summed E-state index contributed by atoms with van der Waals surface area (Å²) in [5, 5.41) is 6.73. The Balaban J connectivity index is 1.83. The van der Waals surface area contributed by atoms with E-state index in [0.29, 0.717) is 37.6 Å². The molecule has 0 spiro atoms. The number of hydrogen-bond acceptors (Lipinski definition) is 5. The molecule has 1 N–H and O–H groups in total. The first-order valence-electron chi connectivity index (χ1n) is 7.45. The Labute approximate surface area is 137 Å². The maximum absolute atomic E-state index is 14.0. The third-order valence-corrected chi connectivity index (χ3v) is 5.95. The van der Waals surface area contributed by atoms with Crippen LogP contribution in [0.5, 0.6) is 0 Å². The highest BCUT2D eigenvalue weighted by Gasteiger charge is 2.36. The summed E-state index contributed by atoms with van der Waals surface area (Å²) in [6.45, 7) is 1.75. The number of morpholine rings is 1. The molecule has 1 aromatic heterocycles. The number of nitrogens with zero attached hydrogens (tertiary/aromatic N) is 2. The smallest absolute Gasteiger partial charge is 0.272 e. The lowest BCUT2D eigenvalue weighted by molar-refractivity contribution is 0.0298. The van der Waals surface area contributed by atoms with Crippen LogP contribution in [0.3, 0.4) is 0 Å². The molecular formula is C15H14FN3O4S. The number of benzene rings is 1. The Kier molecular flexibility index (Phi) is 3.43. The molecule has 1 fully saturated rings. The average Bonchev–Trinajstić information content (AvgIpc) is 2.97. The number of ether oxygens (including phenoxy) is 1. The van der Waals surface area contributed by atoms with Crippen molar-refractivity contribution in [2.75, 3.05) is 26.3 Å². The monoisotopic (exact) mass is 351 g/mol. The zero-order chi connectivity index (χ0) is 16.9. The summed E-state index contributed by atoms with van der Waals surface area (Å²) in [7, 11) is -3.87. The molecular weight excluding hydrogens is 337 g/mol. The van der Waals surface area contributed by atoms with Crippen molar-refractivity contribution >= 4 is 15.7 Å². The number of carbonyl (C=O) groups is 1. The third kappa shape index (κ3) is 2.23. The number of nitrogens with one attached hydrogen (secondary N) is 1. The maximum Gasteiger partial charge on any atom is 0.272 e. The molecule has 0 bridgehead atoms. The van der Waals surface area contributed by atoms with Crippen LogP contribution >= 0.6 is 0 Å². The second-order valence-corrected chi connectivity index (χ2v) is 7.63. The number of hydrogen-bond donors (Lipinski definition) is 1. The molecule has 3 heterocycles. The van der Waals surface area contributed by atoms with Gasteiger partial charge in [-0.15, -0.1) is 0 Å². The van der Waals surface area contributed by atoms with Gasteiger partial charge in [0.15, 0.2) is 9.84 Å². The number of aromatic nitrogens is 2. The van der Waals surface area contributed by atoms with E-state index in [1.54, 1.807) is 4.90 Å². The van der Waals surface area contributed by atoms with E-state index in [1.165, 1.54) is 12.1 Å². The summed E-state index contributed by atoms with van der Waals surface area (Å²) in [4.78, 5) is 13.9. The van der Waals surface area contributed by atoms with Crippen molar-refractivity contribution in [3.63, 3.8) is 0 Å². The van der Waals surface area contributed by atoms with E-state index >= 15 is 0 Å². The lowest BCUT2D eigenvalue weighted by Gasteiger charge is -2.27. The number of sulfone groups is 1. The number of H-pyrrole nitrogens is 1. The van der Waals surface area contributed by atoms with Gasteiger partial charge in [-0.1, -0.05) is 12.1 Å². The van der Waals surface area contributed by atoms with Crippen molar-refractivity contribution in [2.45, 2.75) is 10.6 Å². The normalized spacial score (nSPS) is 18.8. The quantitative estimate of drug-likeness (QED) is 0.827. The summed E-state index contributed by atoms with van der Waals surface area (Å²) in [6.07, 6.45) is 0. The van der Waals surface area contributed by atoms with Crippen LogP contribution in [-0.4, -0.2) is 55.7 Å². The Bertz CT molecular complexity index is 932. The summed E-state index contributed by atoms with van der Waals surface area (Å²) in [6, 6.07) is 4.03. The molecule has 1 aromatic carbocycles. The molecule has 0 aliphatic carbocycles. The van der Waals surface area contributed by atoms with Crippen molar-refractivity contribution in [3.8, 4) is 11.3 Å². The van der Waals surface area contributed by atoms with Crippen LogP contribution in [0, 0.1) is 5.82 Å². The first-order chi connectivity index (χ1) is 11.5. The number of aromatic amines is 1. The molecule has 0 radical (unpaired) electrons. The zero-order valence-electron chi connectivity index (χ0n) is 12.6. The second-order valence-electron chi connectivity index (χ2n) is 5.71. The van der Waals surface area contributed by atoms with Crippen LogP contribution in [0.2, 0.25) is 0 Å². The Morgan fingerprint density at radius 1 is 1.29 bits per heavy atom. The molecule has 1 saturated heterocycles. The van der Waals surface area contributed by atoms with Gasteiger partial charge >= 0.3 is 0 Å². The number of carbonyl (C=O) groups excluding carboxylic acids is 1. The van der Waals surface area contributed by atoms with Crippen LogP contribution in [0.1, 0.15) is 16.1 Å². The summed E-state index contributed by atoms with van der Waals surface area (Å²) in [5.74, 6) is -1.57. The predicted octanol–water partition coefficient (Wildman–Crippen LogP) is 0.976. The van der Waals surface area contributed by atoms with Gasteiger partial charge in [0.25, 0.3) is 5.91 Å². The fourth-order valence-corrected chi connectivity index (χ4v) is 4.77. The third-order valence-electron chi connectivity index (χ3n) is 4.25. The molecule has 0 atom stereocenters. The first-order valence-corrected chi connectivity index (χ1v) is 9.10. The standard InChI is InChI=1S/C15H14FN3O4S/c16-11-3-1-2-9-12-10(8-24(21,22)14(9)11)13(18-17-12)15(20)19-4-6-23-7-5-19/h1-3H,4-8H2,(H,17,18). The van der Waals surface area contributed by atoms with Crippen LogP contribution in [-0.2, 0) is 20.3 Å². The molecule has 2 aromatic rings. The van der Waals surface area contributed by atoms with Crippen LogP contribution in [0.15, 0.2) is 23.1 Å². The number of amides is 1. The fourth-order valence-electron chi connectivity index (χ4n) is 3.10. The molecule has 0 unspecified atom stereocenters. The van der Waals surface area contributed by atoms with Gasteiger partial charge in [0.2, 0.25) is 0 Å². The van der Waals surface area contributed by atoms with Crippen molar-refractivity contribution in [1.82, 2.24) is 15.1 Å². The van der Waals surface area contributed by atoms with E-state index < -0.39 is 21.4 Å². The van der Waals surface area contributed by atoms with E-state index in [2.05, 4.69) is 10.2 Å². The fraction of sp³-hybridized carbons (Fsp3) is 0.333. The van der Waals surface area contributed by atoms with Gasteiger partial charge in [-0.3, -0.25) is 9.89 Å². The highest BCUT2D eigenvalue weighted by Crippen LogP contribution is 2.39. The molecule has 7 nitrogen and oxygen atoms in total. The minimum atomic E-state index is -3.87. The van der Waals surface area contributed by atoms with Crippen molar-refractivity contribution in [3.05, 3.63) is 35.3 Å². The number of rotatable bonds is 1. The molecule has 9 heteroatoms. The van der Waals surface area contributed by atoms with Crippen LogP contribution in [0.4, 0.5) is 4.39 Å². The minimum absolute atomic E-state index is 0.144. The molecule has 2 aliphatic heterocycles. The van der Waals surface area contributed by atoms with Crippen molar-refractivity contribution in [2.24, 2.45) is 0 Å². The van der Waals surface area contributed by atoms with E-state index in [1.807, 2.05) is 0 Å². The Morgan fingerprint density at radius 2 is 2.04 bits per heavy atom. The average molecular weight is 351 g/mol. The molecule has 4 rings (SSSR count). The van der Waals surface area contributed by atoms with Gasteiger partial charge in [-0.2, -0.15) is 5.10 Å². The zero-order valence-corrected chi connectivity index (χ0v) is 13.4. The number of fused-ring (bicyclic) bond motifs is 3. The van der Waals surface area contributed by atoms with E-state index in [0.717, 1.165) is 6.07 Å². The van der Waals surface area contributed by atoms with Gasteiger partial charge in [0.1, 0.15) is 16.4 Å². The van der Waals surface area contributed by atoms with Gasteiger partial charge in [-0.25, -0.2) is 12.8 Å². The molecule has 0 saturated carbocycles. The van der Waals surface area contributed by atoms with E-state index in [9.17, 15) is 17.6 Å². The van der Waals surface area contributed by atoms with Crippen molar-refractivity contribution < 1.29 is 22.3 Å². The topological polar surface area (TPSA) is 92.4 Å². The molecule has 126 valence electrons. The van der Waals surface area contributed by atoms with Crippen LogP contribution < -0.4 is 0 Å². The van der Waals surface area contributed by atoms with Gasteiger partial charge in [-0.05, 0) is 6.07 Å². The molecule has 2 aliphatic rings. The SMILES string of the molecule is O=C(c1[nH]nc2c1CS(=O)(=O)c1c(F)cccc1-2)N1CCOCC1. The first kappa shape index (κ1) is 15.3. The lowest BCUT2D eigenvalue weighted by Crippen LogP contribution is -2.41. The maximum atomic E-state index is 14.0. The van der Waals surface area contributed by atoms with Crippen LogP contribution in [0.25, 0.3) is 11.3 Å². The summed E-state index contributed by atoms with van der Waals surface area (Å²) >= 11 is 0. The Morgan fingerprint density at radius 3 is 2.79 bits per heavy atom. The minimum Gasteiger partial charge on any atom is -0.378 e. The lowest BCUT2D eigenvalue weighted by atomic mass is 10.1. The molecule has 1 amide bonds. The van der Waals surface area contributed by atoms with E-state index in [-0.39, 0.29) is 22.1 Å². The molecule has 24 heavy (non-hydrogen) atoms.